The van der Waals surface area contributed by atoms with E-state index >= 15 is 0 Å². The number of hydrogen-bond donors (Lipinski definition) is 0. The lowest BCUT2D eigenvalue weighted by Crippen LogP contribution is -1.93. The van der Waals surface area contributed by atoms with E-state index in [-0.39, 0.29) is 5.69 Å². The van der Waals surface area contributed by atoms with Crippen molar-refractivity contribution in [3.8, 4) is 0 Å². The van der Waals surface area contributed by atoms with Gasteiger partial charge in [-0.15, -0.1) is 0 Å². The largest absolute Gasteiger partial charge is 0.278 e. The lowest BCUT2D eigenvalue weighted by Gasteiger charge is -2.00. The molecule has 0 aliphatic heterocycles. The van der Waals surface area contributed by atoms with Crippen molar-refractivity contribution in [2.75, 3.05) is 0 Å². The van der Waals surface area contributed by atoms with Gasteiger partial charge in [0.15, 0.2) is 0 Å². The number of para-hydroxylation sites is 2. The number of hydrogen-bond acceptors (Lipinski definition) is 3. The first-order chi connectivity index (χ1) is 9.09. The quantitative estimate of drug-likeness (QED) is 0.470. The highest BCUT2D eigenvalue weighted by Crippen LogP contribution is 2.32. The molecule has 0 fully saturated rings. The van der Waals surface area contributed by atoms with Crippen molar-refractivity contribution in [1.82, 2.24) is 0 Å². The molecular weight excluding hydrogens is 287 g/mol. The van der Waals surface area contributed by atoms with Crippen molar-refractivity contribution in [2.24, 2.45) is 4.99 Å². The lowest BCUT2D eigenvalue weighted by atomic mass is 10.2. The molecule has 2 aromatic rings. The molecule has 0 heterocycles. The molecule has 0 spiro atoms. The summed E-state index contributed by atoms with van der Waals surface area (Å²) < 4.78 is 0. The number of halogens is 2. The first-order valence-corrected chi connectivity index (χ1v) is 6.06. The van der Waals surface area contributed by atoms with Crippen LogP contribution in [0.25, 0.3) is 0 Å². The third-order valence-corrected chi connectivity index (χ3v) is 3.01. The molecule has 0 amide bonds. The molecule has 2 aromatic carbocycles. The molecule has 0 aliphatic rings. The zero-order valence-corrected chi connectivity index (χ0v) is 11.1. The van der Waals surface area contributed by atoms with Gasteiger partial charge in [-0.25, -0.2) is 0 Å². The SMILES string of the molecule is O=[N+]([O-])c1ccccc1C=Nc1c(Cl)cccc1Cl. The van der Waals surface area contributed by atoms with Crippen LogP contribution in [-0.2, 0) is 0 Å². The number of benzene rings is 2. The predicted molar refractivity (Wildman–Crippen MR) is 76.8 cm³/mol. The van der Waals surface area contributed by atoms with Crippen molar-refractivity contribution in [3.05, 3.63) is 68.2 Å². The number of nitrogens with zero attached hydrogens (tertiary/aromatic N) is 2. The Balaban J connectivity index is 2.41. The Labute approximate surface area is 119 Å². The summed E-state index contributed by atoms with van der Waals surface area (Å²) in [6.45, 7) is 0. The fourth-order valence-electron chi connectivity index (χ4n) is 1.51. The molecule has 0 saturated heterocycles. The van der Waals surface area contributed by atoms with Crippen LogP contribution in [0.15, 0.2) is 47.5 Å². The maximum absolute atomic E-state index is 10.9. The van der Waals surface area contributed by atoms with Crippen LogP contribution in [-0.4, -0.2) is 11.1 Å². The molecule has 0 saturated carbocycles. The minimum Gasteiger partial charge on any atom is -0.258 e. The first kappa shape index (κ1) is 13.5. The van der Waals surface area contributed by atoms with E-state index in [0.717, 1.165) is 0 Å². The summed E-state index contributed by atoms with van der Waals surface area (Å²) in [6, 6.07) is 11.3. The Morgan fingerprint density at radius 1 is 1.05 bits per heavy atom. The van der Waals surface area contributed by atoms with Gasteiger partial charge in [0.2, 0.25) is 0 Å². The molecule has 0 unspecified atom stereocenters. The van der Waals surface area contributed by atoms with Gasteiger partial charge >= 0.3 is 0 Å². The fraction of sp³-hybridized carbons (Fsp3) is 0. The van der Waals surface area contributed by atoms with Crippen LogP contribution in [0.2, 0.25) is 10.0 Å². The van der Waals surface area contributed by atoms with Gasteiger partial charge < -0.3 is 0 Å². The van der Waals surface area contributed by atoms with E-state index < -0.39 is 4.92 Å². The number of nitro benzene ring substituents is 1. The molecule has 19 heavy (non-hydrogen) atoms. The van der Waals surface area contributed by atoms with Crippen molar-refractivity contribution >= 4 is 40.8 Å². The molecule has 2 rings (SSSR count). The number of nitro groups is 1. The summed E-state index contributed by atoms with van der Waals surface area (Å²) in [4.78, 5) is 14.5. The summed E-state index contributed by atoms with van der Waals surface area (Å²) in [6.07, 6.45) is 1.38. The van der Waals surface area contributed by atoms with Crippen LogP contribution in [0.5, 0.6) is 0 Å². The van der Waals surface area contributed by atoms with Gasteiger partial charge in [0.05, 0.1) is 20.5 Å². The molecular formula is C13H8Cl2N2O2. The summed E-state index contributed by atoms with van der Waals surface area (Å²) in [5.41, 5.74) is 0.766. The Bertz CT molecular complexity index is 637. The van der Waals surface area contributed by atoms with Gasteiger partial charge in [0.25, 0.3) is 5.69 Å². The van der Waals surface area contributed by atoms with Gasteiger partial charge in [-0.3, -0.25) is 15.1 Å². The Kier molecular flexibility index (Phi) is 4.14. The molecule has 0 aliphatic carbocycles. The van der Waals surface area contributed by atoms with Crippen LogP contribution in [0.1, 0.15) is 5.56 Å². The highest BCUT2D eigenvalue weighted by molar-refractivity contribution is 6.38. The minimum atomic E-state index is -0.463. The van der Waals surface area contributed by atoms with Gasteiger partial charge in [-0.05, 0) is 18.2 Å². The average Bonchev–Trinajstić information content (AvgIpc) is 2.38. The maximum Gasteiger partial charge on any atom is 0.278 e. The average molecular weight is 295 g/mol. The van der Waals surface area contributed by atoms with E-state index in [1.54, 1.807) is 36.4 Å². The Morgan fingerprint density at radius 2 is 1.68 bits per heavy atom. The summed E-state index contributed by atoms with van der Waals surface area (Å²) in [5, 5.41) is 11.6. The second-order valence-corrected chi connectivity index (χ2v) is 4.46. The third-order valence-electron chi connectivity index (χ3n) is 2.40. The molecule has 0 N–H and O–H groups in total. The second-order valence-electron chi connectivity index (χ2n) is 3.64. The molecule has 96 valence electrons. The van der Waals surface area contributed by atoms with E-state index in [1.165, 1.54) is 12.3 Å². The smallest absolute Gasteiger partial charge is 0.258 e. The van der Waals surface area contributed by atoms with Crippen LogP contribution >= 0.6 is 23.2 Å². The zero-order chi connectivity index (χ0) is 13.8. The van der Waals surface area contributed by atoms with Gasteiger partial charge in [0, 0.05) is 12.3 Å². The van der Waals surface area contributed by atoms with E-state index in [2.05, 4.69) is 4.99 Å². The van der Waals surface area contributed by atoms with Crippen molar-refractivity contribution in [2.45, 2.75) is 0 Å². The zero-order valence-electron chi connectivity index (χ0n) is 9.59. The van der Waals surface area contributed by atoms with E-state index in [0.29, 0.717) is 21.3 Å². The van der Waals surface area contributed by atoms with Gasteiger partial charge in [0.1, 0.15) is 5.69 Å². The van der Waals surface area contributed by atoms with Crippen LogP contribution < -0.4 is 0 Å². The molecule has 0 aromatic heterocycles. The van der Waals surface area contributed by atoms with Crippen LogP contribution in [0.4, 0.5) is 11.4 Å². The van der Waals surface area contributed by atoms with Crippen molar-refractivity contribution < 1.29 is 4.92 Å². The first-order valence-electron chi connectivity index (χ1n) is 5.31. The van der Waals surface area contributed by atoms with E-state index in [4.69, 9.17) is 23.2 Å². The molecule has 0 atom stereocenters. The Hall–Kier alpha value is -1.91. The predicted octanol–water partition coefficient (Wildman–Crippen LogP) is 4.65. The van der Waals surface area contributed by atoms with Gasteiger partial charge in [-0.1, -0.05) is 41.4 Å². The minimum absolute atomic E-state index is 0.0190. The molecule has 6 heteroatoms. The monoisotopic (exact) mass is 294 g/mol. The maximum atomic E-state index is 10.9. The topological polar surface area (TPSA) is 55.5 Å². The highest BCUT2D eigenvalue weighted by atomic mass is 35.5. The summed E-state index contributed by atoms with van der Waals surface area (Å²) in [7, 11) is 0. The van der Waals surface area contributed by atoms with Crippen LogP contribution in [0.3, 0.4) is 0 Å². The highest BCUT2D eigenvalue weighted by Gasteiger charge is 2.10. The molecule has 4 nitrogen and oxygen atoms in total. The lowest BCUT2D eigenvalue weighted by molar-refractivity contribution is -0.385. The van der Waals surface area contributed by atoms with E-state index in [1.807, 2.05) is 0 Å². The molecule has 0 bridgehead atoms. The van der Waals surface area contributed by atoms with E-state index in [9.17, 15) is 10.1 Å². The molecule has 0 radical (unpaired) electrons. The normalized spacial score (nSPS) is 10.8. The van der Waals surface area contributed by atoms with Crippen LogP contribution in [0, 0.1) is 10.1 Å². The fourth-order valence-corrected chi connectivity index (χ4v) is 2.00. The number of aliphatic imine (C=N–C) groups is 1. The number of rotatable bonds is 3. The third kappa shape index (κ3) is 3.10. The van der Waals surface area contributed by atoms with Crippen molar-refractivity contribution in [3.63, 3.8) is 0 Å². The standard InChI is InChI=1S/C13H8Cl2N2O2/c14-10-5-3-6-11(15)13(10)16-8-9-4-1-2-7-12(9)17(18)19/h1-8H. The second kappa shape index (κ2) is 5.82. The van der Waals surface area contributed by atoms with Crippen molar-refractivity contribution in [1.29, 1.82) is 0 Å². The Morgan fingerprint density at radius 3 is 2.32 bits per heavy atom. The summed E-state index contributed by atoms with van der Waals surface area (Å²) >= 11 is 11.9. The summed E-state index contributed by atoms with van der Waals surface area (Å²) in [5.74, 6) is 0. The van der Waals surface area contributed by atoms with Gasteiger partial charge in [-0.2, -0.15) is 0 Å².